The van der Waals surface area contributed by atoms with Gasteiger partial charge in [-0.25, -0.2) is 0 Å². The number of hydrogen-bond donors (Lipinski definition) is 3. The van der Waals surface area contributed by atoms with Crippen molar-refractivity contribution in [3.63, 3.8) is 0 Å². The van der Waals surface area contributed by atoms with Gasteiger partial charge in [0.05, 0.1) is 0 Å². The molecule has 0 saturated carbocycles. The molecule has 45 heavy (non-hydrogen) atoms. The van der Waals surface area contributed by atoms with Crippen LogP contribution in [0.2, 0.25) is 0 Å². The number of carboxylic acids is 3. The zero-order valence-corrected chi connectivity index (χ0v) is 30.4. The largest absolute Gasteiger partial charge is 0.481 e. The zero-order valence-electron chi connectivity index (χ0n) is 30.4. The first kappa shape index (κ1) is 47.8. The van der Waals surface area contributed by atoms with Gasteiger partial charge in [-0.05, 0) is 19.3 Å². The van der Waals surface area contributed by atoms with E-state index in [2.05, 4.69) is 20.8 Å². The Bertz CT molecular complexity index is 592. The number of unbranched alkanes of at least 4 members (excludes halogenated alkanes) is 27. The number of carbonyl (C=O) groups is 3. The highest BCUT2D eigenvalue weighted by Crippen LogP contribution is 2.13. The van der Waals surface area contributed by atoms with Gasteiger partial charge >= 0.3 is 17.9 Å². The van der Waals surface area contributed by atoms with E-state index in [-0.39, 0.29) is 0 Å². The fraction of sp³-hybridized carbons (Fsp3) is 0.923. The maximum atomic E-state index is 10.3. The van der Waals surface area contributed by atoms with Gasteiger partial charge in [-0.2, -0.15) is 0 Å². The van der Waals surface area contributed by atoms with Crippen molar-refractivity contribution in [3.05, 3.63) is 0 Å². The summed E-state index contributed by atoms with van der Waals surface area (Å²) in [6.45, 7) is 6.71. The SMILES string of the molecule is CCCCCCCCCCCC(=O)O.CCCCCCCCCCCCC(=O)O.CCCCCCCCCCCCCC(=O)O. The van der Waals surface area contributed by atoms with Crippen LogP contribution in [-0.4, -0.2) is 33.2 Å². The molecule has 6 nitrogen and oxygen atoms in total. The molecule has 0 aliphatic heterocycles. The van der Waals surface area contributed by atoms with Gasteiger partial charge in [0.15, 0.2) is 0 Å². The van der Waals surface area contributed by atoms with E-state index in [4.69, 9.17) is 15.3 Å². The third-order valence-corrected chi connectivity index (χ3v) is 8.23. The van der Waals surface area contributed by atoms with Crippen LogP contribution in [0.3, 0.4) is 0 Å². The van der Waals surface area contributed by atoms with Gasteiger partial charge in [0.1, 0.15) is 0 Å². The van der Waals surface area contributed by atoms with E-state index in [1.54, 1.807) is 0 Å². The fourth-order valence-corrected chi connectivity index (χ4v) is 5.29. The monoisotopic (exact) mass is 643 g/mol. The number of rotatable bonds is 33. The van der Waals surface area contributed by atoms with Crippen molar-refractivity contribution in [1.29, 1.82) is 0 Å². The third-order valence-electron chi connectivity index (χ3n) is 8.23. The Labute approximate surface area is 279 Å². The third kappa shape index (κ3) is 58.5. The molecule has 0 saturated heterocycles. The Hall–Kier alpha value is -1.59. The summed E-state index contributed by atoms with van der Waals surface area (Å²) < 4.78 is 0. The van der Waals surface area contributed by atoms with E-state index in [1.165, 1.54) is 154 Å². The fourth-order valence-electron chi connectivity index (χ4n) is 5.29. The van der Waals surface area contributed by atoms with Crippen molar-refractivity contribution in [2.45, 2.75) is 233 Å². The van der Waals surface area contributed by atoms with Gasteiger partial charge in [-0.15, -0.1) is 0 Å². The Morgan fingerprint density at radius 1 is 0.267 bits per heavy atom. The van der Waals surface area contributed by atoms with E-state index in [9.17, 15) is 14.4 Å². The first-order valence-corrected chi connectivity index (χ1v) is 19.5. The summed E-state index contributed by atoms with van der Waals surface area (Å²) in [6, 6.07) is 0. The highest BCUT2D eigenvalue weighted by molar-refractivity contribution is 5.67. The van der Waals surface area contributed by atoms with Gasteiger partial charge in [-0.1, -0.05) is 194 Å². The molecule has 0 aromatic carbocycles. The lowest BCUT2D eigenvalue weighted by Crippen LogP contribution is -1.93. The van der Waals surface area contributed by atoms with Gasteiger partial charge in [0.2, 0.25) is 0 Å². The van der Waals surface area contributed by atoms with Crippen LogP contribution in [0.15, 0.2) is 0 Å². The maximum Gasteiger partial charge on any atom is 0.303 e. The quantitative estimate of drug-likeness (QED) is 0.0614. The predicted octanol–water partition coefficient (Wildman–Crippen LogP) is 13.1. The molecule has 270 valence electrons. The second kappa shape index (κ2) is 44.5. The van der Waals surface area contributed by atoms with E-state index in [0.717, 1.165) is 38.5 Å². The molecule has 0 aliphatic carbocycles. The van der Waals surface area contributed by atoms with Gasteiger partial charge in [0.25, 0.3) is 0 Å². The van der Waals surface area contributed by atoms with Gasteiger partial charge in [0, 0.05) is 19.3 Å². The predicted molar refractivity (Wildman–Crippen MR) is 192 cm³/mol. The Balaban J connectivity index is -0.000000589. The molecule has 0 bridgehead atoms. The lowest BCUT2D eigenvalue weighted by Gasteiger charge is -2.01. The summed E-state index contributed by atoms with van der Waals surface area (Å²) in [5.41, 5.74) is 0. The number of hydrogen-bond acceptors (Lipinski definition) is 3. The summed E-state index contributed by atoms with van der Waals surface area (Å²) in [5.74, 6) is -1.97. The van der Waals surface area contributed by atoms with Crippen LogP contribution in [0.25, 0.3) is 0 Å². The van der Waals surface area contributed by atoms with Crippen molar-refractivity contribution < 1.29 is 29.7 Å². The molecule has 6 heteroatoms. The van der Waals surface area contributed by atoms with Crippen molar-refractivity contribution in [2.75, 3.05) is 0 Å². The highest BCUT2D eigenvalue weighted by Gasteiger charge is 1.98. The van der Waals surface area contributed by atoms with E-state index in [0.29, 0.717) is 19.3 Å². The molecule has 0 heterocycles. The summed E-state index contributed by atoms with van der Waals surface area (Å²) in [4.78, 5) is 30.7. The second-order valence-electron chi connectivity index (χ2n) is 13.0. The Morgan fingerprint density at radius 2 is 0.400 bits per heavy atom. The van der Waals surface area contributed by atoms with Crippen LogP contribution in [0.4, 0.5) is 0 Å². The molecule has 0 unspecified atom stereocenters. The number of carboxylic acid groups (broad SMARTS) is 3. The standard InChI is InChI=1S/C14H28O2.C13H26O2.C12H24O2/c1-2-3-4-5-6-7-8-9-10-11-12-13-14(15)16;1-2-3-4-5-6-7-8-9-10-11-12-13(14)15;1-2-3-4-5-6-7-8-9-10-11-12(13)14/h2-13H2,1H3,(H,15,16);2-12H2,1H3,(H,14,15);2-11H2,1H3,(H,13,14). The zero-order chi connectivity index (χ0) is 34.1. The van der Waals surface area contributed by atoms with Crippen LogP contribution in [-0.2, 0) is 14.4 Å². The van der Waals surface area contributed by atoms with Crippen LogP contribution in [0.1, 0.15) is 233 Å². The molecular weight excluding hydrogens is 564 g/mol. The second-order valence-corrected chi connectivity index (χ2v) is 13.0. The molecule has 0 aromatic heterocycles. The number of aliphatic carboxylic acids is 3. The molecule has 0 aromatic rings. The first-order chi connectivity index (χ1) is 21.8. The molecule has 0 fully saturated rings. The summed E-state index contributed by atoms with van der Waals surface area (Å²) in [7, 11) is 0. The summed E-state index contributed by atoms with van der Waals surface area (Å²) in [5, 5.41) is 25.3. The summed E-state index contributed by atoms with van der Waals surface area (Å²) >= 11 is 0. The van der Waals surface area contributed by atoms with Gasteiger partial charge in [-0.3, -0.25) is 14.4 Å². The molecule has 0 amide bonds. The molecule has 0 atom stereocenters. The molecule has 0 aliphatic rings. The Morgan fingerprint density at radius 3 is 0.533 bits per heavy atom. The van der Waals surface area contributed by atoms with Crippen molar-refractivity contribution in [1.82, 2.24) is 0 Å². The maximum absolute atomic E-state index is 10.3. The van der Waals surface area contributed by atoms with Crippen LogP contribution < -0.4 is 0 Å². The lowest BCUT2D eigenvalue weighted by molar-refractivity contribution is -0.138. The minimum atomic E-state index is -0.659. The van der Waals surface area contributed by atoms with Gasteiger partial charge < -0.3 is 15.3 Å². The van der Waals surface area contributed by atoms with E-state index < -0.39 is 17.9 Å². The van der Waals surface area contributed by atoms with Crippen molar-refractivity contribution >= 4 is 17.9 Å². The minimum Gasteiger partial charge on any atom is -0.481 e. The summed E-state index contributed by atoms with van der Waals surface area (Å²) in [6.07, 6.45) is 38.8. The molecular formula is C39H78O6. The smallest absolute Gasteiger partial charge is 0.303 e. The average molecular weight is 643 g/mol. The minimum absolute atomic E-state index is 0.343. The van der Waals surface area contributed by atoms with Crippen LogP contribution in [0.5, 0.6) is 0 Å². The van der Waals surface area contributed by atoms with E-state index in [1.807, 2.05) is 0 Å². The topological polar surface area (TPSA) is 112 Å². The van der Waals surface area contributed by atoms with Crippen molar-refractivity contribution in [2.24, 2.45) is 0 Å². The van der Waals surface area contributed by atoms with Crippen LogP contribution in [0, 0.1) is 0 Å². The average Bonchev–Trinajstić information content (AvgIpc) is 3.00. The van der Waals surface area contributed by atoms with Crippen LogP contribution >= 0.6 is 0 Å². The highest BCUT2D eigenvalue weighted by atomic mass is 16.4. The molecule has 3 N–H and O–H groups in total. The lowest BCUT2D eigenvalue weighted by atomic mass is 10.1. The van der Waals surface area contributed by atoms with Crippen molar-refractivity contribution in [3.8, 4) is 0 Å². The first-order valence-electron chi connectivity index (χ1n) is 19.5. The Kier molecular flexibility index (Phi) is 47.3. The van der Waals surface area contributed by atoms with E-state index >= 15 is 0 Å². The molecule has 0 radical (unpaired) electrons. The molecule has 0 spiro atoms. The molecule has 0 rings (SSSR count). The normalized spacial score (nSPS) is 10.5.